The van der Waals surface area contributed by atoms with Gasteiger partial charge in [-0.25, -0.2) is 0 Å². The number of nitrogens with zero attached hydrogens (tertiary/aromatic N) is 1. The molecule has 0 amide bonds. The molecule has 0 unspecified atom stereocenters. The molecule has 0 aromatic heterocycles. The molecule has 1 heteroatoms. The first-order valence-corrected chi connectivity index (χ1v) is 8.39. The van der Waals surface area contributed by atoms with E-state index in [0.717, 1.165) is 12.1 Å². The minimum Gasteiger partial charge on any atom is -0.299 e. The smallest absolute Gasteiger partial charge is 0.0233 e. The summed E-state index contributed by atoms with van der Waals surface area (Å²) in [5, 5.41) is 0. The zero-order valence-electron chi connectivity index (χ0n) is 13.3. The highest BCUT2D eigenvalue weighted by Crippen LogP contribution is 2.22. The first-order valence-electron chi connectivity index (χ1n) is 8.39. The molecule has 0 radical (unpaired) electrons. The standard InChI is InChI=1S/C21H25N/c1-18(20-9-5-4-6-10-20)21-13-11-19(12-14-21)17-22-15-7-2-3-8-16-22/h4-6,9-14H,1-3,7-8,15-17H2. The zero-order valence-corrected chi connectivity index (χ0v) is 13.3. The predicted molar refractivity (Wildman–Crippen MR) is 94.8 cm³/mol. The Bertz CT molecular complexity index is 590. The van der Waals surface area contributed by atoms with Crippen LogP contribution in [0.4, 0.5) is 0 Å². The maximum atomic E-state index is 4.24. The molecular formula is C21H25N. The van der Waals surface area contributed by atoms with Crippen molar-refractivity contribution in [2.45, 2.75) is 32.2 Å². The van der Waals surface area contributed by atoms with Crippen molar-refractivity contribution in [3.8, 4) is 0 Å². The van der Waals surface area contributed by atoms with E-state index in [4.69, 9.17) is 0 Å². The van der Waals surface area contributed by atoms with Crippen molar-refractivity contribution in [2.24, 2.45) is 0 Å². The van der Waals surface area contributed by atoms with Gasteiger partial charge in [-0.3, -0.25) is 4.90 Å². The Balaban J connectivity index is 1.66. The lowest BCUT2D eigenvalue weighted by molar-refractivity contribution is 0.277. The van der Waals surface area contributed by atoms with Crippen LogP contribution in [0.2, 0.25) is 0 Å². The van der Waals surface area contributed by atoms with Crippen molar-refractivity contribution in [3.05, 3.63) is 77.9 Å². The number of rotatable bonds is 4. The molecule has 1 heterocycles. The molecular weight excluding hydrogens is 266 g/mol. The normalized spacial score (nSPS) is 16.2. The van der Waals surface area contributed by atoms with Gasteiger partial charge in [-0.1, -0.05) is 74.0 Å². The second-order valence-electron chi connectivity index (χ2n) is 6.23. The van der Waals surface area contributed by atoms with E-state index in [9.17, 15) is 0 Å². The van der Waals surface area contributed by atoms with Gasteiger partial charge < -0.3 is 0 Å². The molecule has 1 aliphatic heterocycles. The first kappa shape index (κ1) is 15.1. The van der Waals surface area contributed by atoms with Gasteiger partial charge in [0.05, 0.1) is 0 Å². The lowest BCUT2D eigenvalue weighted by atomic mass is 9.98. The van der Waals surface area contributed by atoms with Gasteiger partial charge in [-0.15, -0.1) is 0 Å². The quantitative estimate of drug-likeness (QED) is 0.755. The summed E-state index contributed by atoms with van der Waals surface area (Å²) in [6, 6.07) is 19.3. The van der Waals surface area contributed by atoms with Gasteiger partial charge in [-0.05, 0) is 48.2 Å². The average Bonchev–Trinajstić information content (AvgIpc) is 2.84. The summed E-state index contributed by atoms with van der Waals surface area (Å²) in [4.78, 5) is 2.59. The minimum absolute atomic E-state index is 1.08. The molecule has 0 bridgehead atoms. The molecule has 1 fully saturated rings. The average molecular weight is 291 g/mol. The lowest BCUT2D eigenvalue weighted by Gasteiger charge is -2.20. The molecule has 0 spiro atoms. The highest BCUT2D eigenvalue weighted by molar-refractivity contribution is 5.77. The van der Waals surface area contributed by atoms with Crippen LogP contribution < -0.4 is 0 Å². The second-order valence-corrected chi connectivity index (χ2v) is 6.23. The van der Waals surface area contributed by atoms with Crippen molar-refractivity contribution in [1.82, 2.24) is 4.90 Å². The van der Waals surface area contributed by atoms with Gasteiger partial charge in [0.15, 0.2) is 0 Å². The molecule has 0 N–H and O–H groups in total. The topological polar surface area (TPSA) is 3.24 Å². The second kappa shape index (κ2) is 7.42. The molecule has 1 saturated heterocycles. The Morgan fingerprint density at radius 1 is 0.773 bits per heavy atom. The highest BCUT2D eigenvalue weighted by atomic mass is 15.1. The van der Waals surface area contributed by atoms with E-state index in [0.29, 0.717) is 0 Å². The largest absolute Gasteiger partial charge is 0.299 e. The predicted octanol–water partition coefficient (Wildman–Crippen LogP) is 5.12. The SMILES string of the molecule is C=C(c1ccccc1)c1ccc(CN2CCCCCC2)cc1. The summed E-state index contributed by atoms with van der Waals surface area (Å²) in [5.41, 5.74) is 4.92. The Morgan fingerprint density at radius 3 is 2.00 bits per heavy atom. The molecule has 1 aliphatic rings. The molecule has 0 atom stereocenters. The third-order valence-electron chi connectivity index (χ3n) is 4.53. The number of hydrogen-bond donors (Lipinski definition) is 0. The van der Waals surface area contributed by atoms with Crippen LogP contribution in [0.3, 0.4) is 0 Å². The Hall–Kier alpha value is -1.86. The van der Waals surface area contributed by atoms with E-state index in [1.165, 1.54) is 55.5 Å². The Kier molecular flexibility index (Phi) is 5.07. The highest BCUT2D eigenvalue weighted by Gasteiger charge is 2.09. The van der Waals surface area contributed by atoms with Crippen LogP contribution in [0.15, 0.2) is 61.2 Å². The van der Waals surface area contributed by atoms with Gasteiger partial charge in [0.1, 0.15) is 0 Å². The molecule has 3 rings (SSSR count). The first-order chi connectivity index (χ1) is 10.8. The molecule has 0 saturated carbocycles. The van der Waals surface area contributed by atoms with Crippen molar-refractivity contribution in [1.29, 1.82) is 0 Å². The Labute approximate surface area is 134 Å². The van der Waals surface area contributed by atoms with Crippen LogP contribution in [-0.2, 0) is 6.54 Å². The van der Waals surface area contributed by atoms with Crippen LogP contribution in [0.5, 0.6) is 0 Å². The van der Waals surface area contributed by atoms with Gasteiger partial charge in [0.2, 0.25) is 0 Å². The van der Waals surface area contributed by atoms with Crippen molar-refractivity contribution in [3.63, 3.8) is 0 Å². The maximum absolute atomic E-state index is 4.24. The van der Waals surface area contributed by atoms with E-state index in [-0.39, 0.29) is 0 Å². The number of benzene rings is 2. The fourth-order valence-electron chi connectivity index (χ4n) is 3.17. The molecule has 1 nitrogen and oxygen atoms in total. The summed E-state index contributed by atoms with van der Waals surface area (Å²) in [6.07, 6.45) is 5.49. The van der Waals surface area contributed by atoms with Gasteiger partial charge in [-0.2, -0.15) is 0 Å². The summed E-state index contributed by atoms with van der Waals surface area (Å²) in [7, 11) is 0. The van der Waals surface area contributed by atoms with Crippen molar-refractivity contribution >= 4 is 5.57 Å². The van der Waals surface area contributed by atoms with E-state index in [1.54, 1.807) is 0 Å². The summed E-state index contributed by atoms with van der Waals surface area (Å²) >= 11 is 0. The van der Waals surface area contributed by atoms with Crippen LogP contribution in [0.1, 0.15) is 42.4 Å². The van der Waals surface area contributed by atoms with E-state index in [1.807, 2.05) is 6.07 Å². The molecule has 0 aliphatic carbocycles. The summed E-state index contributed by atoms with van der Waals surface area (Å²) in [5.74, 6) is 0. The fraction of sp³-hybridized carbons (Fsp3) is 0.333. The Morgan fingerprint density at radius 2 is 1.36 bits per heavy atom. The van der Waals surface area contributed by atoms with Gasteiger partial charge in [0.25, 0.3) is 0 Å². The summed E-state index contributed by atoms with van der Waals surface area (Å²) in [6.45, 7) is 7.82. The fourth-order valence-corrected chi connectivity index (χ4v) is 3.17. The van der Waals surface area contributed by atoms with Crippen molar-refractivity contribution < 1.29 is 0 Å². The number of hydrogen-bond acceptors (Lipinski definition) is 1. The maximum Gasteiger partial charge on any atom is 0.0233 e. The monoisotopic (exact) mass is 291 g/mol. The molecule has 2 aromatic carbocycles. The van der Waals surface area contributed by atoms with Crippen molar-refractivity contribution in [2.75, 3.05) is 13.1 Å². The van der Waals surface area contributed by atoms with E-state index >= 15 is 0 Å². The van der Waals surface area contributed by atoms with E-state index in [2.05, 4.69) is 60.0 Å². The van der Waals surface area contributed by atoms with Gasteiger partial charge >= 0.3 is 0 Å². The van der Waals surface area contributed by atoms with Crippen LogP contribution in [0.25, 0.3) is 5.57 Å². The molecule has 22 heavy (non-hydrogen) atoms. The number of likely N-dealkylation sites (tertiary alicyclic amines) is 1. The lowest BCUT2D eigenvalue weighted by Crippen LogP contribution is -2.23. The van der Waals surface area contributed by atoms with E-state index < -0.39 is 0 Å². The van der Waals surface area contributed by atoms with Gasteiger partial charge in [0, 0.05) is 6.54 Å². The third kappa shape index (κ3) is 3.86. The van der Waals surface area contributed by atoms with Crippen LogP contribution in [0, 0.1) is 0 Å². The van der Waals surface area contributed by atoms with Crippen LogP contribution in [-0.4, -0.2) is 18.0 Å². The summed E-state index contributed by atoms with van der Waals surface area (Å²) < 4.78 is 0. The molecule has 114 valence electrons. The zero-order chi connectivity index (χ0) is 15.2. The van der Waals surface area contributed by atoms with Crippen LogP contribution >= 0.6 is 0 Å². The minimum atomic E-state index is 1.08. The third-order valence-corrected chi connectivity index (χ3v) is 4.53. The molecule has 2 aromatic rings.